The molecule has 2 aliphatic heterocycles. The molecule has 2 nitrogen and oxygen atoms in total. The lowest BCUT2D eigenvalue weighted by atomic mass is 10.0. The van der Waals surface area contributed by atoms with E-state index in [2.05, 4.69) is 26.0 Å². The van der Waals surface area contributed by atoms with Gasteiger partial charge in [-0.05, 0) is 25.0 Å². The summed E-state index contributed by atoms with van der Waals surface area (Å²) in [6.45, 7) is 4.35. The fourth-order valence-corrected chi connectivity index (χ4v) is 2.57. The normalized spacial score (nSPS) is 25.9. The molecule has 2 atom stereocenters. The Morgan fingerprint density at radius 3 is 1.75 bits per heavy atom. The Hall–Kier alpha value is -1.18. The van der Waals surface area contributed by atoms with Crippen LogP contribution in [0.5, 0.6) is 11.5 Å². The maximum atomic E-state index is 5.89. The van der Waals surface area contributed by atoms with E-state index in [9.17, 15) is 0 Å². The first-order valence-corrected chi connectivity index (χ1v) is 6.29. The van der Waals surface area contributed by atoms with Crippen molar-refractivity contribution < 1.29 is 9.47 Å². The van der Waals surface area contributed by atoms with Crippen molar-refractivity contribution in [2.45, 2.75) is 51.7 Å². The Labute approximate surface area is 96.6 Å². The van der Waals surface area contributed by atoms with Crippen molar-refractivity contribution in [2.75, 3.05) is 0 Å². The van der Waals surface area contributed by atoms with Gasteiger partial charge in [-0.2, -0.15) is 0 Å². The monoisotopic (exact) mass is 218 g/mol. The van der Waals surface area contributed by atoms with Crippen LogP contribution in [0.4, 0.5) is 0 Å². The zero-order chi connectivity index (χ0) is 11.1. The quantitative estimate of drug-likeness (QED) is 0.759. The van der Waals surface area contributed by atoms with Gasteiger partial charge in [-0.25, -0.2) is 0 Å². The predicted octanol–water partition coefficient (Wildman–Crippen LogP) is 3.11. The van der Waals surface area contributed by atoms with Gasteiger partial charge in [0.25, 0.3) is 0 Å². The van der Waals surface area contributed by atoms with E-state index in [0.29, 0.717) is 12.2 Å². The molecule has 1 aromatic rings. The molecular formula is C14H18O2. The Bertz CT molecular complexity index is 341. The number of benzene rings is 1. The van der Waals surface area contributed by atoms with Crippen molar-refractivity contribution in [1.29, 1.82) is 0 Å². The molecule has 86 valence electrons. The Balaban J connectivity index is 1.90. The van der Waals surface area contributed by atoms with Crippen LogP contribution in [0.3, 0.4) is 0 Å². The van der Waals surface area contributed by atoms with Gasteiger partial charge in [0.05, 0.1) is 0 Å². The van der Waals surface area contributed by atoms with Crippen molar-refractivity contribution in [2.24, 2.45) is 0 Å². The summed E-state index contributed by atoms with van der Waals surface area (Å²) in [5.41, 5.74) is 2.64. The van der Waals surface area contributed by atoms with E-state index in [1.54, 1.807) is 0 Å². The van der Waals surface area contributed by atoms with Crippen molar-refractivity contribution >= 4 is 0 Å². The molecule has 2 heteroatoms. The van der Waals surface area contributed by atoms with E-state index in [1.807, 2.05) is 0 Å². The highest BCUT2D eigenvalue weighted by Gasteiger charge is 2.28. The maximum absolute atomic E-state index is 5.89. The molecule has 0 fully saturated rings. The highest BCUT2D eigenvalue weighted by molar-refractivity contribution is 5.50. The molecule has 0 aromatic heterocycles. The van der Waals surface area contributed by atoms with Crippen molar-refractivity contribution in [3.05, 3.63) is 23.3 Å². The van der Waals surface area contributed by atoms with E-state index in [0.717, 1.165) is 37.2 Å². The molecule has 0 spiro atoms. The van der Waals surface area contributed by atoms with Crippen LogP contribution in [0.25, 0.3) is 0 Å². The van der Waals surface area contributed by atoms with E-state index in [1.165, 1.54) is 11.1 Å². The molecule has 2 heterocycles. The van der Waals surface area contributed by atoms with Gasteiger partial charge in [0.2, 0.25) is 0 Å². The van der Waals surface area contributed by atoms with Gasteiger partial charge in [0.1, 0.15) is 23.7 Å². The average Bonchev–Trinajstić information content (AvgIpc) is 2.86. The van der Waals surface area contributed by atoms with Crippen LogP contribution in [0.1, 0.15) is 37.8 Å². The van der Waals surface area contributed by atoms with Gasteiger partial charge in [-0.15, -0.1) is 0 Å². The van der Waals surface area contributed by atoms with Crippen LogP contribution < -0.4 is 9.47 Å². The first-order valence-electron chi connectivity index (χ1n) is 6.29. The maximum Gasteiger partial charge on any atom is 0.123 e. The minimum atomic E-state index is 0.375. The zero-order valence-electron chi connectivity index (χ0n) is 9.95. The minimum absolute atomic E-state index is 0.375. The molecule has 16 heavy (non-hydrogen) atoms. The highest BCUT2D eigenvalue weighted by Crippen LogP contribution is 2.39. The number of hydrogen-bond acceptors (Lipinski definition) is 2. The second-order valence-electron chi connectivity index (χ2n) is 4.77. The standard InChI is InChI=1S/C14H18O2/c1-3-11-5-9-7-14-10(8-13(9)15-11)6-12(4-2)16-14/h7-8,11-12H,3-6H2,1-2H3. The predicted molar refractivity (Wildman–Crippen MR) is 63.3 cm³/mol. The second-order valence-corrected chi connectivity index (χ2v) is 4.77. The lowest BCUT2D eigenvalue weighted by molar-refractivity contribution is 0.227. The van der Waals surface area contributed by atoms with E-state index < -0.39 is 0 Å². The van der Waals surface area contributed by atoms with Crippen LogP contribution >= 0.6 is 0 Å². The summed E-state index contributed by atoms with van der Waals surface area (Å²) in [6.07, 6.45) is 4.99. The molecule has 0 amide bonds. The van der Waals surface area contributed by atoms with Gasteiger partial charge in [-0.3, -0.25) is 0 Å². The van der Waals surface area contributed by atoms with Gasteiger partial charge in [0.15, 0.2) is 0 Å². The second kappa shape index (κ2) is 3.69. The van der Waals surface area contributed by atoms with Crippen LogP contribution in [-0.2, 0) is 12.8 Å². The van der Waals surface area contributed by atoms with Gasteiger partial charge in [-0.1, -0.05) is 13.8 Å². The molecule has 3 rings (SSSR count). The molecule has 0 aliphatic carbocycles. The summed E-state index contributed by atoms with van der Waals surface area (Å²) in [5.74, 6) is 2.18. The SMILES string of the molecule is CCC1Cc2cc3c(cc2O1)CC(CC)O3. The molecule has 1 aromatic carbocycles. The summed E-state index contributed by atoms with van der Waals surface area (Å²) in [5, 5.41) is 0. The fourth-order valence-electron chi connectivity index (χ4n) is 2.57. The summed E-state index contributed by atoms with van der Waals surface area (Å²) >= 11 is 0. The molecule has 0 saturated heterocycles. The average molecular weight is 218 g/mol. The van der Waals surface area contributed by atoms with Crippen LogP contribution in [0, 0.1) is 0 Å². The summed E-state index contributed by atoms with van der Waals surface area (Å²) in [7, 11) is 0. The first-order chi connectivity index (χ1) is 7.80. The topological polar surface area (TPSA) is 18.5 Å². The highest BCUT2D eigenvalue weighted by atomic mass is 16.5. The minimum Gasteiger partial charge on any atom is -0.490 e. The van der Waals surface area contributed by atoms with Crippen LogP contribution in [0.15, 0.2) is 12.1 Å². The summed E-state index contributed by atoms with van der Waals surface area (Å²) in [4.78, 5) is 0. The van der Waals surface area contributed by atoms with Gasteiger partial charge < -0.3 is 9.47 Å². The van der Waals surface area contributed by atoms with Crippen molar-refractivity contribution in [3.8, 4) is 11.5 Å². The molecule has 0 N–H and O–H groups in total. The molecule has 0 bridgehead atoms. The molecule has 2 aliphatic rings. The fraction of sp³-hybridized carbons (Fsp3) is 0.571. The molecule has 2 unspecified atom stereocenters. The summed E-state index contributed by atoms with van der Waals surface area (Å²) in [6, 6.07) is 4.38. The van der Waals surface area contributed by atoms with E-state index >= 15 is 0 Å². The van der Waals surface area contributed by atoms with Crippen LogP contribution in [-0.4, -0.2) is 12.2 Å². The molecule has 0 saturated carbocycles. The smallest absolute Gasteiger partial charge is 0.123 e. The largest absolute Gasteiger partial charge is 0.490 e. The van der Waals surface area contributed by atoms with Gasteiger partial charge >= 0.3 is 0 Å². The Morgan fingerprint density at radius 2 is 1.38 bits per heavy atom. The number of ether oxygens (including phenoxy) is 2. The number of hydrogen-bond donors (Lipinski definition) is 0. The third kappa shape index (κ3) is 1.48. The van der Waals surface area contributed by atoms with Crippen LogP contribution in [0.2, 0.25) is 0 Å². The zero-order valence-corrected chi connectivity index (χ0v) is 9.95. The third-order valence-electron chi connectivity index (χ3n) is 3.64. The Kier molecular flexibility index (Phi) is 2.31. The first kappa shape index (κ1) is 10.0. The van der Waals surface area contributed by atoms with E-state index in [4.69, 9.17) is 9.47 Å². The van der Waals surface area contributed by atoms with Crippen molar-refractivity contribution in [1.82, 2.24) is 0 Å². The van der Waals surface area contributed by atoms with E-state index in [-0.39, 0.29) is 0 Å². The Morgan fingerprint density at radius 1 is 0.938 bits per heavy atom. The molecule has 0 radical (unpaired) electrons. The third-order valence-corrected chi connectivity index (χ3v) is 3.64. The van der Waals surface area contributed by atoms with Gasteiger partial charge in [0, 0.05) is 24.0 Å². The summed E-state index contributed by atoms with van der Waals surface area (Å²) < 4.78 is 11.8. The lowest BCUT2D eigenvalue weighted by Crippen LogP contribution is -2.11. The van der Waals surface area contributed by atoms with Crippen molar-refractivity contribution in [3.63, 3.8) is 0 Å². The lowest BCUT2D eigenvalue weighted by Gasteiger charge is -2.06. The molecular weight excluding hydrogens is 200 g/mol. The number of rotatable bonds is 2. The number of fused-ring (bicyclic) bond motifs is 2.